The van der Waals surface area contributed by atoms with Crippen LogP contribution in [0.1, 0.15) is 10.6 Å². The van der Waals surface area contributed by atoms with Gasteiger partial charge in [-0.15, -0.1) is 11.3 Å². The van der Waals surface area contributed by atoms with Crippen LogP contribution >= 0.6 is 11.3 Å². The third-order valence-corrected chi connectivity index (χ3v) is 3.73. The molecule has 1 aromatic heterocycles. The molecule has 0 atom stereocenters. The number of fused-ring (bicyclic) bond motifs is 1. The molecule has 0 bridgehead atoms. The van der Waals surface area contributed by atoms with Crippen molar-refractivity contribution in [2.45, 2.75) is 13.1 Å². The molecule has 18 heavy (non-hydrogen) atoms. The lowest BCUT2D eigenvalue weighted by atomic mass is 10.0. The summed E-state index contributed by atoms with van der Waals surface area (Å²) in [5.41, 5.74) is 1.34. The number of benzene rings is 2. The van der Waals surface area contributed by atoms with Crippen molar-refractivity contribution in [3.8, 4) is 0 Å². The minimum atomic E-state index is 0.834. The smallest absolute Gasteiger partial charge is 0.106 e. The highest BCUT2D eigenvalue weighted by molar-refractivity contribution is 7.09. The third kappa shape index (κ3) is 2.42. The van der Waals surface area contributed by atoms with Crippen molar-refractivity contribution in [2.75, 3.05) is 0 Å². The van der Waals surface area contributed by atoms with Gasteiger partial charge in [0.05, 0.1) is 0 Å². The summed E-state index contributed by atoms with van der Waals surface area (Å²) in [6.45, 7) is 1.71. The van der Waals surface area contributed by atoms with E-state index in [1.165, 1.54) is 16.3 Å². The first-order valence-electron chi connectivity index (χ1n) is 5.99. The second-order valence-electron chi connectivity index (χ2n) is 4.17. The third-order valence-electron chi connectivity index (χ3n) is 2.96. The van der Waals surface area contributed by atoms with Gasteiger partial charge in [-0.1, -0.05) is 42.5 Å². The van der Waals surface area contributed by atoms with Crippen molar-refractivity contribution in [2.24, 2.45) is 0 Å². The van der Waals surface area contributed by atoms with Gasteiger partial charge >= 0.3 is 0 Å². The summed E-state index contributed by atoms with van der Waals surface area (Å²) in [5, 5.41) is 9.21. The highest BCUT2D eigenvalue weighted by Crippen LogP contribution is 2.18. The number of nitrogens with one attached hydrogen (secondary N) is 1. The largest absolute Gasteiger partial charge is 0.306 e. The average Bonchev–Trinajstić information content (AvgIpc) is 2.92. The molecule has 0 fully saturated rings. The van der Waals surface area contributed by atoms with E-state index in [0.717, 1.165) is 18.1 Å². The average molecular weight is 254 g/mol. The molecule has 0 spiro atoms. The van der Waals surface area contributed by atoms with E-state index in [1.807, 2.05) is 11.6 Å². The van der Waals surface area contributed by atoms with Crippen LogP contribution in [-0.2, 0) is 13.1 Å². The van der Waals surface area contributed by atoms with Crippen molar-refractivity contribution in [1.82, 2.24) is 10.3 Å². The van der Waals surface area contributed by atoms with Crippen LogP contribution in [0.25, 0.3) is 10.8 Å². The van der Waals surface area contributed by atoms with Crippen LogP contribution in [0.15, 0.2) is 54.0 Å². The molecule has 0 saturated heterocycles. The Morgan fingerprint density at radius 1 is 1.00 bits per heavy atom. The number of rotatable bonds is 4. The molecular weight excluding hydrogens is 240 g/mol. The van der Waals surface area contributed by atoms with E-state index in [4.69, 9.17) is 0 Å². The first-order chi connectivity index (χ1) is 8.93. The van der Waals surface area contributed by atoms with Crippen molar-refractivity contribution < 1.29 is 0 Å². The number of hydrogen-bond acceptors (Lipinski definition) is 3. The second kappa shape index (κ2) is 5.29. The summed E-state index contributed by atoms with van der Waals surface area (Å²) < 4.78 is 0. The van der Waals surface area contributed by atoms with Crippen molar-refractivity contribution in [1.29, 1.82) is 0 Å². The Morgan fingerprint density at radius 2 is 1.89 bits per heavy atom. The topological polar surface area (TPSA) is 24.9 Å². The molecular formula is C15H14N2S. The molecule has 3 aromatic rings. The number of hydrogen-bond donors (Lipinski definition) is 1. The molecule has 1 N–H and O–H groups in total. The van der Waals surface area contributed by atoms with Gasteiger partial charge in [-0.3, -0.25) is 0 Å². The Balaban J connectivity index is 1.74. The Labute approximate surface area is 110 Å². The number of thiazole rings is 1. The lowest BCUT2D eigenvalue weighted by molar-refractivity contribution is 0.693. The SMILES string of the molecule is c1ccc2c(CNCc3nccs3)cccc2c1. The van der Waals surface area contributed by atoms with Crippen LogP contribution in [0.5, 0.6) is 0 Å². The molecule has 0 saturated carbocycles. The van der Waals surface area contributed by atoms with E-state index in [9.17, 15) is 0 Å². The quantitative estimate of drug-likeness (QED) is 0.769. The van der Waals surface area contributed by atoms with Gasteiger partial charge in [0.15, 0.2) is 0 Å². The lowest BCUT2D eigenvalue weighted by Crippen LogP contribution is -2.12. The summed E-state index contributed by atoms with van der Waals surface area (Å²) in [5.74, 6) is 0. The van der Waals surface area contributed by atoms with Crippen molar-refractivity contribution in [3.05, 3.63) is 64.6 Å². The Kier molecular flexibility index (Phi) is 3.35. The van der Waals surface area contributed by atoms with Crippen LogP contribution in [0.3, 0.4) is 0 Å². The van der Waals surface area contributed by atoms with Gasteiger partial charge in [0.2, 0.25) is 0 Å². The highest BCUT2D eigenvalue weighted by atomic mass is 32.1. The van der Waals surface area contributed by atoms with Crippen molar-refractivity contribution in [3.63, 3.8) is 0 Å². The van der Waals surface area contributed by atoms with Crippen molar-refractivity contribution >= 4 is 22.1 Å². The van der Waals surface area contributed by atoms with Gasteiger partial charge in [-0.2, -0.15) is 0 Å². The normalized spacial score (nSPS) is 10.9. The van der Waals surface area contributed by atoms with Gasteiger partial charge in [0.1, 0.15) is 5.01 Å². The summed E-state index contributed by atoms with van der Waals surface area (Å²) in [6.07, 6.45) is 1.85. The van der Waals surface area contributed by atoms with Gasteiger partial charge in [0, 0.05) is 24.7 Å². The summed E-state index contributed by atoms with van der Waals surface area (Å²) in [4.78, 5) is 4.27. The van der Waals surface area contributed by atoms with E-state index >= 15 is 0 Å². The van der Waals surface area contributed by atoms with Crippen LogP contribution < -0.4 is 5.32 Å². The molecule has 0 aliphatic rings. The van der Waals surface area contributed by atoms with Gasteiger partial charge in [-0.05, 0) is 16.3 Å². The monoisotopic (exact) mass is 254 g/mol. The predicted octanol–water partition coefficient (Wildman–Crippen LogP) is 3.59. The van der Waals surface area contributed by atoms with Crippen LogP contribution in [0.2, 0.25) is 0 Å². The fraction of sp³-hybridized carbons (Fsp3) is 0.133. The van der Waals surface area contributed by atoms with E-state index in [2.05, 4.69) is 52.8 Å². The molecule has 0 radical (unpaired) electrons. The number of aromatic nitrogens is 1. The standard InChI is InChI=1S/C15H14N2S/c1-2-7-14-12(4-1)5-3-6-13(14)10-16-11-15-17-8-9-18-15/h1-9,16H,10-11H2. The summed E-state index contributed by atoms with van der Waals surface area (Å²) in [7, 11) is 0. The summed E-state index contributed by atoms with van der Waals surface area (Å²) in [6, 6.07) is 14.9. The van der Waals surface area contributed by atoms with Crippen LogP contribution in [-0.4, -0.2) is 4.98 Å². The Bertz CT molecular complexity index is 627. The van der Waals surface area contributed by atoms with E-state index in [-0.39, 0.29) is 0 Å². The van der Waals surface area contributed by atoms with Gasteiger partial charge < -0.3 is 5.32 Å². The van der Waals surface area contributed by atoms with E-state index < -0.39 is 0 Å². The highest BCUT2D eigenvalue weighted by Gasteiger charge is 2.00. The minimum absolute atomic E-state index is 0.834. The molecule has 0 aliphatic heterocycles. The molecule has 3 heteroatoms. The number of nitrogens with zero attached hydrogens (tertiary/aromatic N) is 1. The van der Waals surface area contributed by atoms with Crippen LogP contribution in [0.4, 0.5) is 0 Å². The molecule has 3 rings (SSSR count). The zero-order valence-corrected chi connectivity index (χ0v) is 10.8. The lowest BCUT2D eigenvalue weighted by Gasteiger charge is -2.07. The minimum Gasteiger partial charge on any atom is -0.306 e. The first-order valence-corrected chi connectivity index (χ1v) is 6.87. The molecule has 2 nitrogen and oxygen atoms in total. The Morgan fingerprint density at radius 3 is 2.78 bits per heavy atom. The van der Waals surface area contributed by atoms with Gasteiger partial charge in [-0.25, -0.2) is 4.98 Å². The summed E-state index contributed by atoms with van der Waals surface area (Å²) >= 11 is 1.69. The fourth-order valence-corrected chi connectivity index (χ4v) is 2.68. The fourth-order valence-electron chi connectivity index (χ4n) is 2.09. The zero-order chi connectivity index (χ0) is 12.2. The Hall–Kier alpha value is -1.71. The predicted molar refractivity (Wildman–Crippen MR) is 76.6 cm³/mol. The molecule has 0 aliphatic carbocycles. The molecule has 1 heterocycles. The second-order valence-corrected chi connectivity index (χ2v) is 5.15. The van der Waals surface area contributed by atoms with Gasteiger partial charge in [0.25, 0.3) is 0 Å². The van der Waals surface area contributed by atoms with E-state index in [0.29, 0.717) is 0 Å². The van der Waals surface area contributed by atoms with E-state index in [1.54, 1.807) is 11.3 Å². The molecule has 2 aromatic carbocycles. The molecule has 0 amide bonds. The first kappa shape index (κ1) is 11.4. The van der Waals surface area contributed by atoms with Crippen LogP contribution in [0, 0.1) is 0 Å². The maximum Gasteiger partial charge on any atom is 0.106 e. The molecule has 0 unspecified atom stereocenters. The molecule has 90 valence electrons. The zero-order valence-electron chi connectivity index (χ0n) is 9.97. The maximum absolute atomic E-state index is 4.27. The maximum atomic E-state index is 4.27.